The summed E-state index contributed by atoms with van der Waals surface area (Å²) in [6.45, 7) is 0.604. The second-order valence-electron chi connectivity index (χ2n) is 4.52. The van der Waals surface area contributed by atoms with Crippen LogP contribution in [0, 0.1) is 5.82 Å². The van der Waals surface area contributed by atoms with E-state index in [9.17, 15) is 4.39 Å². The number of hydrogen-bond donors (Lipinski definition) is 0. The van der Waals surface area contributed by atoms with Crippen molar-refractivity contribution in [3.05, 3.63) is 63.9 Å². The van der Waals surface area contributed by atoms with Crippen LogP contribution < -0.4 is 4.74 Å². The fourth-order valence-corrected chi connectivity index (χ4v) is 2.76. The van der Waals surface area contributed by atoms with Gasteiger partial charge in [0.25, 0.3) is 0 Å². The molecule has 18 heavy (non-hydrogen) atoms. The molecule has 0 saturated carbocycles. The Bertz CT molecular complexity index is 562. The molecule has 0 bridgehead atoms. The highest BCUT2D eigenvalue weighted by Gasteiger charge is 2.25. The molecule has 0 heterocycles. The Morgan fingerprint density at radius 3 is 2.83 bits per heavy atom. The lowest BCUT2D eigenvalue weighted by Gasteiger charge is -2.29. The lowest BCUT2D eigenvalue weighted by Crippen LogP contribution is -2.23. The summed E-state index contributed by atoms with van der Waals surface area (Å²) in [5, 5.41) is 0. The zero-order chi connectivity index (χ0) is 12.5. The van der Waals surface area contributed by atoms with E-state index in [1.165, 1.54) is 23.3 Å². The first-order chi connectivity index (χ1) is 8.72. The summed E-state index contributed by atoms with van der Waals surface area (Å²) in [4.78, 5) is 0. The molecule has 1 aliphatic rings. The van der Waals surface area contributed by atoms with E-state index >= 15 is 0 Å². The normalized spacial score (nSPS) is 16.9. The van der Waals surface area contributed by atoms with Crippen molar-refractivity contribution in [2.45, 2.75) is 12.3 Å². The third-order valence-electron chi connectivity index (χ3n) is 3.25. The van der Waals surface area contributed by atoms with Gasteiger partial charge in [0.1, 0.15) is 11.6 Å². The molecule has 0 fully saturated rings. The Morgan fingerprint density at radius 1 is 1.22 bits per heavy atom. The molecule has 3 rings (SSSR count). The summed E-state index contributed by atoms with van der Waals surface area (Å²) in [7, 11) is 0. The molecular formula is C15H12BrFO. The minimum absolute atomic E-state index is 0.284. The first-order valence-electron chi connectivity index (χ1n) is 5.89. The van der Waals surface area contributed by atoms with Gasteiger partial charge in [-0.15, -0.1) is 0 Å². The standard InChI is InChI=1S/C15H12BrFO/c16-12-6-13(17)8-14(7-12)18-9-11-5-10-3-1-2-4-15(10)11/h1-4,6-8,11H,5,9H2. The Kier molecular flexibility index (Phi) is 3.08. The van der Waals surface area contributed by atoms with Gasteiger partial charge in [-0.25, -0.2) is 4.39 Å². The van der Waals surface area contributed by atoms with Crippen LogP contribution in [0.15, 0.2) is 46.9 Å². The topological polar surface area (TPSA) is 9.23 Å². The van der Waals surface area contributed by atoms with E-state index in [4.69, 9.17) is 4.74 Å². The van der Waals surface area contributed by atoms with E-state index in [1.54, 1.807) is 6.07 Å². The monoisotopic (exact) mass is 306 g/mol. The van der Waals surface area contributed by atoms with Crippen molar-refractivity contribution in [1.29, 1.82) is 0 Å². The van der Waals surface area contributed by atoms with Gasteiger partial charge in [0.2, 0.25) is 0 Å². The summed E-state index contributed by atoms with van der Waals surface area (Å²) in [6.07, 6.45) is 1.05. The van der Waals surface area contributed by atoms with Crippen LogP contribution in [0.4, 0.5) is 4.39 Å². The van der Waals surface area contributed by atoms with Crippen molar-refractivity contribution in [3.8, 4) is 5.75 Å². The number of halogens is 2. The van der Waals surface area contributed by atoms with E-state index in [1.807, 2.05) is 6.07 Å². The van der Waals surface area contributed by atoms with Gasteiger partial charge in [-0.2, -0.15) is 0 Å². The van der Waals surface area contributed by atoms with Crippen LogP contribution in [0.25, 0.3) is 0 Å². The molecule has 0 radical (unpaired) electrons. The van der Waals surface area contributed by atoms with Crippen LogP contribution in [0.5, 0.6) is 5.75 Å². The fourth-order valence-electron chi connectivity index (χ4n) is 2.32. The minimum Gasteiger partial charge on any atom is -0.493 e. The maximum atomic E-state index is 13.2. The summed E-state index contributed by atoms with van der Waals surface area (Å²) in [6, 6.07) is 13.0. The number of hydrogen-bond acceptors (Lipinski definition) is 1. The zero-order valence-corrected chi connectivity index (χ0v) is 11.3. The SMILES string of the molecule is Fc1cc(Br)cc(OCC2Cc3ccccc32)c1. The summed E-state index contributed by atoms with van der Waals surface area (Å²) in [5.41, 5.74) is 2.75. The number of rotatable bonds is 3. The molecule has 0 amide bonds. The molecule has 0 N–H and O–H groups in total. The average Bonchev–Trinajstić information content (AvgIpc) is 2.29. The second-order valence-corrected chi connectivity index (χ2v) is 5.43. The van der Waals surface area contributed by atoms with Crippen LogP contribution in [0.2, 0.25) is 0 Å². The van der Waals surface area contributed by atoms with Gasteiger partial charge in [0.05, 0.1) is 6.61 Å². The molecule has 0 saturated heterocycles. The van der Waals surface area contributed by atoms with Crippen LogP contribution in [-0.4, -0.2) is 6.61 Å². The lowest BCUT2D eigenvalue weighted by atomic mass is 9.78. The highest BCUT2D eigenvalue weighted by Crippen LogP contribution is 2.35. The predicted molar refractivity (Wildman–Crippen MR) is 72.5 cm³/mol. The van der Waals surface area contributed by atoms with E-state index in [2.05, 4.69) is 34.1 Å². The largest absolute Gasteiger partial charge is 0.493 e. The van der Waals surface area contributed by atoms with Gasteiger partial charge in [-0.1, -0.05) is 40.2 Å². The summed E-state index contributed by atoms with van der Waals surface area (Å²) in [5.74, 6) is 0.725. The molecule has 1 unspecified atom stereocenters. The first kappa shape index (κ1) is 11.7. The highest BCUT2D eigenvalue weighted by molar-refractivity contribution is 9.10. The molecule has 0 spiro atoms. The minimum atomic E-state index is -0.284. The third-order valence-corrected chi connectivity index (χ3v) is 3.71. The number of benzene rings is 2. The molecule has 92 valence electrons. The van der Waals surface area contributed by atoms with Crippen molar-refractivity contribution >= 4 is 15.9 Å². The van der Waals surface area contributed by atoms with Crippen LogP contribution in [0.1, 0.15) is 17.0 Å². The van der Waals surface area contributed by atoms with E-state index in [0.717, 1.165) is 6.42 Å². The molecule has 1 nitrogen and oxygen atoms in total. The van der Waals surface area contributed by atoms with Crippen molar-refractivity contribution in [1.82, 2.24) is 0 Å². The Labute approximate surface area is 114 Å². The fraction of sp³-hybridized carbons (Fsp3) is 0.200. The van der Waals surface area contributed by atoms with Crippen molar-refractivity contribution < 1.29 is 9.13 Å². The van der Waals surface area contributed by atoms with Crippen molar-refractivity contribution in [3.63, 3.8) is 0 Å². The number of fused-ring (bicyclic) bond motifs is 1. The molecule has 3 heteroatoms. The van der Waals surface area contributed by atoms with E-state index in [-0.39, 0.29) is 5.82 Å². The van der Waals surface area contributed by atoms with E-state index in [0.29, 0.717) is 22.7 Å². The smallest absolute Gasteiger partial charge is 0.128 e. The Balaban J connectivity index is 1.66. The summed E-state index contributed by atoms with van der Waals surface area (Å²) < 4.78 is 19.5. The van der Waals surface area contributed by atoms with E-state index < -0.39 is 0 Å². The predicted octanol–water partition coefficient (Wildman–Crippen LogP) is 4.31. The average molecular weight is 307 g/mol. The zero-order valence-electron chi connectivity index (χ0n) is 9.70. The quantitative estimate of drug-likeness (QED) is 0.821. The maximum Gasteiger partial charge on any atom is 0.128 e. The second kappa shape index (κ2) is 4.73. The van der Waals surface area contributed by atoms with Crippen LogP contribution in [-0.2, 0) is 6.42 Å². The first-order valence-corrected chi connectivity index (χ1v) is 6.68. The Hall–Kier alpha value is -1.35. The third kappa shape index (κ3) is 2.27. The van der Waals surface area contributed by atoms with Gasteiger partial charge < -0.3 is 4.74 Å². The Morgan fingerprint density at radius 2 is 2.06 bits per heavy atom. The molecule has 1 aliphatic carbocycles. The van der Waals surface area contributed by atoms with Gasteiger partial charge in [0.15, 0.2) is 0 Å². The van der Waals surface area contributed by atoms with Crippen LogP contribution >= 0.6 is 15.9 Å². The number of ether oxygens (including phenoxy) is 1. The molecule has 0 aromatic heterocycles. The van der Waals surface area contributed by atoms with Crippen LogP contribution in [0.3, 0.4) is 0 Å². The molecule has 0 aliphatic heterocycles. The van der Waals surface area contributed by atoms with Crippen molar-refractivity contribution in [2.75, 3.05) is 6.61 Å². The molecular weight excluding hydrogens is 295 g/mol. The lowest BCUT2D eigenvalue weighted by molar-refractivity contribution is 0.274. The van der Waals surface area contributed by atoms with Gasteiger partial charge in [-0.3, -0.25) is 0 Å². The van der Waals surface area contributed by atoms with Gasteiger partial charge in [0, 0.05) is 16.5 Å². The molecule has 1 atom stereocenters. The summed E-state index contributed by atoms with van der Waals surface area (Å²) >= 11 is 3.26. The maximum absolute atomic E-state index is 13.2. The molecule has 2 aromatic rings. The molecule has 2 aromatic carbocycles. The van der Waals surface area contributed by atoms with Crippen molar-refractivity contribution in [2.24, 2.45) is 0 Å². The highest BCUT2D eigenvalue weighted by atomic mass is 79.9. The van der Waals surface area contributed by atoms with Gasteiger partial charge in [-0.05, 0) is 29.7 Å². The van der Waals surface area contributed by atoms with Gasteiger partial charge >= 0.3 is 0 Å².